The maximum atomic E-state index is 11.5. The van der Waals surface area contributed by atoms with Gasteiger partial charge >= 0.3 is 0 Å². The maximum absolute atomic E-state index is 11.5. The molecule has 0 spiro atoms. The van der Waals surface area contributed by atoms with E-state index < -0.39 is 10.0 Å². The van der Waals surface area contributed by atoms with Crippen LogP contribution in [-0.4, -0.2) is 20.9 Å². The topological polar surface area (TPSA) is 115 Å². The van der Waals surface area contributed by atoms with Gasteiger partial charge in [-0.1, -0.05) is 0 Å². The van der Waals surface area contributed by atoms with Gasteiger partial charge in [0, 0.05) is 12.1 Å². The van der Waals surface area contributed by atoms with E-state index in [2.05, 4.69) is 5.32 Å². The van der Waals surface area contributed by atoms with Gasteiger partial charge in [0.1, 0.15) is 0 Å². The van der Waals surface area contributed by atoms with Crippen LogP contribution in [0.1, 0.15) is 19.3 Å². The Morgan fingerprint density at radius 1 is 1.17 bits per heavy atom. The van der Waals surface area contributed by atoms with Crippen LogP contribution in [0.4, 0.5) is 5.69 Å². The first kappa shape index (κ1) is 14.6. The first-order valence-electron chi connectivity index (χ1n) is 5.56. The second-order valence-electron chi connectivity index (χ2n) is 3.86. The molecule has 0 radical (unpaired) electrons. The molecule has 5 N–H and O–H groups in total. The van der Waals surface area contributed by atoms with Crippen molar-refractivity contribution < 1.29 is 13.2 Å². The maximum Gasteiger partial charge on any atom is 0.238 e. The second kappa shape index (κ2) is 6.48. The van der Waals surface area contributed by atoms with Crippen molar-refractivity contribution in [3.05, 3.63) is 24.3 Å². The number of amides is 1. The van der Waals surface area contributed by atoms with Crippen LogP contribution < -0.4 is 16.2 Å². The van der Waals surface area contributed by atoms with Gasteiger partial charge in [-0.2, -0.15) is 0 Å². The lowest BCUT2D eigenvalue weighted by Gasteiger charge is -2.05. The predicted molar refractivity (Wildman–Crippen MR) is 69.4 cm³/mol. The number of sulfonamides is 1. The molecule has 0 unspecified atom stereocenters. The van der Waals surface area contributed by atoms with E-state index in [9.17, 15) is 13.2 Å². The zero-order chi connectivity index (χ0) is 13.6. The van der Waals surface area contributed by atoms with Gasteiger partial charge in [-0.25, -0.2) is 13.6 Å². The van der Waals surface area contributed by atoms with Crippen molar-refractivity contribution in [2.45, 2.75) is 24.2 Å². The Morgan fingerprint density at radius 2 is 1.78 bits per heavy atom. The Labute approximate surface area is 106 Å². The van der Waals surface area contributed by atoms with E-state index in [1.54, 1.807) is 0 Å². The van der Waals surface area contributed by atoms with E-state index in [0.717, 1.165) is 12.8 Å². The minimum atomic E-state index is -3.69. The average molecular weight is 271 g/mol. The molecule has 0 heterocycles. The number of carbonyl (C=O) groups excluding carboxylic acids is 1. The average Bonchev–Trinajstić information content (AvgIpc) is 2.29. The van der Waals surface area contributed by atoms with Crippen molar-refractivity contribution in [3.8, 4) is 0 Å². The summed E-state index contributed by atoms with van der Waals surface area (Å²) in [4.78, 5) is 11.5. The van der Waals surface area contributed by atoms with Crippen LogP contribution in [0.25, 0.3) is 0 Å². The van der Waals surface area contributed by atoms with Gasteiger partial charge in [0.2, 0.25) is 15.9 Å². The van der Waals surface area contributed by atoms with Crippen LogP contribution >= 0.6 is 0 Å². The molecule has 0 aromatic heterocycles. The number of hydrogen-bond donors (Lipinski definition) is 3. The highest BCUT2D eigenvalue weighted by Crippen LogP contribution is 2.13. The lowest BCUT2D eigenvalue weighted by atomic mass is 10.2. The molecule has 1 amide bonds. The van der Waals surface area contributed by atoms with Crippen molar-refractivity contribution in [2.24, 2.45) is 10.9 Å². The van der Waals surface area contributed by atoms with Gasteiger partial charge in [0.05, 0.1) is 4.90 Å². The van der Waals surface area contributed by atoms with Crippen LogP contribution in [0, 0.1) is 0 Å². The van der Waals surface area contributed by atoms with E-state index in [1.807, 2.05) is 0 Å². The van der Waals surface area contributed by atoms with Crippen LogP contribution in [0.5, 0.6) is 0 Å². The fourth-order valence-corrected chi connectivity index (χ4v) is 1.90. The van der Waals surface area contributed by atoms with Crippen LogP contribution in [0.15, 0.2) is 29.2 Å². The SMILES string of the molecule is NCCCCC(=O)Nc1ccc(S(N)(=O)=O)cc1. The monoisotopic (exact) mass is 271 g/mol. The van der Waals surface area contributed by atoms with Crippen molar-refractivity contribution >= 4 is 21.6 Å². The Kier molecular flexibility index (Phi) is 5.26. The smallest absolute Gasteiger partial charge is 0.238 e. The number of anilines is 1. The highest BCUT2D eigenvalue weighted by molar-refractivity contribution is 7.89. The van der Waals surface area contributed by atoms with E-state index in [4.69, 9.17) is 10.9 Å². The van der Waals surface area contributed by atoms with Crippen molar-refractivity contribution in [1.29, 1.82) is 0 Å². The number of unbranched alkanes of at least 4 members (excludes halogenated alkanes) is 1. The van der Waals surface area contributed by atoms with Crippen LogP contribution in [0.3, 0.4) is 0 Å². The first-order valence-corrected chi connectivity index (χ1v) is 7.11. The molecular formula is C11H17N3O3S. The van der Waals surface area contributed by atoms with Crippen LogP contribution in [0.2, 0.25) is 0 Å². The van der Waals surface area contributed by atoms with E-state index in [-0.39, 0.29) is 10.8 Å². The summed E-state index contributed by atoms with van der Waals surface area (Å²) in [7, 11) is -3.69. The Hall–Kier alpha value is -1.44. The van der Waals surface area contributed by atoms with Gasteiger partial charge in [-0.15, -0.1) is 0 Å². The highest BCUT2D eigenvalue weighted by atomic mass is 32.2. The summed E-state index contributed by atoms with van der Waals surface area (Å²) in [5.41, 5.74) is 5.87. The first-order chi connectivity index (χ1) is 8.43. The van der Waals surface area contributed by atoms with E-state index in [1.165, 1.54) is 24.3 Å². The third-order valence-electron chi connectivity index (χ3n) is 2.32. The number of benzene rings is 1. The fourth-order valence-electron chi connectivity index (χ4n) is 1.38. The lowest BCUT2D eigenvalue weighted by molar-refractivity contribution is -0.116. The summed E-state index contributed by atoms with van der Waals surface area (Å²) < 4.78 is 22.0. The minimum absolute atomic E-state index is 0.0173. The number of hydrogen-bond acceptors (Lipinski definition) is 4. The Morgan fingerprint density at radius 3 is 2.28 bits per heavy atom. The van der Waals surface area contributed by atoms with Crippen molar-refractivity contribution in [3.63, 3.8) is 0 Å². The molecule has 1 aromatic rings. The Bertz CT molecular complexity index is 497. The third-order valence-corrected chi connectivity index (χ3v) is 3.25. The predicted octanol–water partition coefficient (Wildman–Crippen LogP) is 0.402. The number of primary sulfonamides is 1. The minimum Gasteiger partial charge on any atom is -0.330 e. The highest BCUT2D eigenvalue weighted by Gasteiger charge is 2.07. The lowest BCUT2D eigenvalue weighted by Crippen LogP contribution is -2.13. The molecule has 0 aliphatic carbocycles. The summed E-state index contributed by atoms with van der Waals surface area (Å²) >= 11 is 0. The van der Waals surface area contributed by atoms with Crippen LogP contribution in [-0.2, 0) is 14.8 Å². The molecule has 0 atom stereocenters. The van der Waals surface area contributed by atoms with Gasteiger partial charge in [0.25, 0.3) is 0 Å². The summed E-state index contributed by atoms with van der Waals surface area (Å²) in [6.07, 6.45) is 1.93. The summed E-state index contributed by atoms with van der Waals surface area (Å²) in [5.74, 6) is -0.119. The molecule has 1 aromatic carbocycles. The largest absolute Gasteiger partial charge is 0.330 e. The molecule has 7 heteroatoms. The molecule has 100 valence electrons. The molecule has 0 bridgehead atoms. The Balaban J connectivity index is 2.56. The summed E-state index contributed by atoms with van der Waals surface area (Å²) in [6, 6.07) is 5.71. The molecule has 1 rings (SSSR count). The second-order valence-corrected chi connectivity index (χ2v) is 5.42. The standard InChI is InChI=1S/C11H17N3O3S/c12-8-2-1-3-11(15)14-9-4-6-10(7-5-9)18(13,16)17/h4-7H,1-3,8,12H2,(H,14,15)(H2,13,16,17). The summed E-state index contributed by atoms with van der Waals surface area (Å²) in [6.45, 7) is 0.566. The molecule has 0 saturated heterocycles. The molecule has 0 fully saturated rings. The van der Waals surface area contributed by atoms with Gasteiger partial charge < -0.3 is 11.1 Å². The molecule has 6 nitrogen and oxygen atoms in total. The number of nitrogens with two attached hydrogens (primary N) is 2. The fraction of sp³-hybridized carbons (Fsp3) is 0.364. The molecule has 0 aliphatic rings. The molecule has 18 heavy (non-hydrogen) atoms. The molecule has 0 aliphatic heterocycles. The number of nitrogens with one attached hydrogen (secondary N) is 1. The van der Waals surface area contributed by atoms with E-state index in [0.29, 0.717) is 18.7 Å². The number of rotatable bonds is 6. The summed E-state index contributed by atoms with van der Waals surface area (Å²) in [5, 5.41) is 7.63. The number of carbonyl (C=O) groups is 1. The zero-order valence-electron chi connectivity index (χ0n) is 9.93. The molecule has 0 saturated carbocycles. The van der Waals surface area contributed by atoms with Gasteiger partial charge in [0.15, 0.2) is 0 Å². The zero-order valence-corrected chi connectivity index (χ0v) is 10.7. The van der Waals surface area contributed by atoms with E-state index >= 15 is 0 Å². The van der Waals surface area contributed by atoms with Crippen molar-refractivity contribution in [2.75, 3.05) is 11.9 Å². The third kappa shape index (κ3) is 4.82. The normalized spacial score (nSPS) is 11.2. The molecular weight excluding hydrogens is 254 g/mol. The van der Waals surface area contributed by atoms with Gasteiger partial charge in [-0.05, 0) is 43.7 Å². The quantitative estimate of drug-likeness (QED) is 0.649. The van der Waals surface area contributed by atoms with Gasteiger partial charge in [-0.3, -0.25) is 4.79 Å². The van der Waals surface area contributed by atoms with Crippen molar-refractivity contribution in [1.82, 2.24) is 0 Å².